The monoisotopic (exact) mass is 292 g/mol. The Bertz CT molecular complexity index is 792. The second kappa shape index (κ2) is 4.76. The summed E-state index contributed by atoms with van der Waals surface area (Å²) in [6.07, 6.45) is -2.81. The quantitative estimate of drug-likeness (QED) is 0.790. The van der Waals surface area contributed by atoms with Gasteiger partial charge in [0.05, 0.1) is 17.4 Å². The van der Waals surface area contributed by atoms with Gasteiger partial charge in [-0.05, 0) is 23.8 Å². The Labute approximate surface area is 118 Å². The highest BCUT2D eigenvalue weighted by Crippen LogP contribution is 2.32. The Morgan fingerprint density at radius 2 is 1.86 bits per heavy atom. The Morgan fingerprint density at radius 3 is 2.62 bits per heavy atom. The van der Waals surface area contributed by atoms with Crippen LogP contribution < -0.4 is 5.73 Å². The molecule has 2 N–H and O–H groups in total. The highest BCUT2D eigenvalue weighted by Gasteiger charge is 2.33. The molecule has 0 aliphatic carbocycles. The SMILES string of the molecule is Nc1ccc2nc(Cc3ccccc3C(F)(F)F)nn2c1. The highest BCUT2D eigenvalue weighted by molar-refractivity contribution is 5.46. The van der Waals surface area contributed by atoms with Crippen LogP contribution >= 0.6 is 0 Å². The van der Waals surface area contributed by atoms with Gasteiger partial charge in [0, 0.05) is 6.42 Å². The molecule has 0 spiro atoms. The third-order valence-corrected chi connectivity index (χ3v) is 3.07. The van der Waals surface area contributed by atoms with Gasteiger partial charge in [-0.25, -0.2) is 9.50 Å². The van der Waals surface area contributed by atoms with E-state index in [4.69, 9.17) is 5.73 Å². The summed E-state index contributed by atoms with van der Waals surface area (Å²) in [7, 11) is 0. The van der Waals surface area contributed by atoms with Gasteiger partial charge >= 0.3 is 6.18 Å². The first-order valence-corrected chi connectivity index (χ1v) is 6.19. The maximum absolute atomic E-state index is 12.9. The minimum atomic E-state index is -4.39. The van der Waals surface area contributed by atoms with E-state index in [-0.39, 0.29) is 12.0 Å². The number of benzene rings is 1. The fourth-order valence-electron chi connectivity index (χ4n) is 2.14. The van der Waals surface area contributed by atoms with Crippen molar-refractivity contribution in [2.45, 2.75) is 12.6 Å². The maximum Gasteiger partial charge on any atom is 0.416 e. The maximum atomic E-state index is 12.9. The number of pyridine rings is 1. The number of nitrogen functional groups attached to an aromatic ring is 1. The van der Waals surface area contributed by atoms with Crippen LogP contribution in [-0.4, -0.2) is 14.6 Å². The Morgan fingerprint density at radius 1 is 1.10 bits per heavy atom. The van der Waals surface area contributed by atoms with Crippen LogP contribution in [0.4, 0.5) is 18.9 Å². The fraction of sp³-hybridized carbons (Fsp3) is 0.143. The van der Waals surface area contributed by atoms with E-state index in [9.17, 15) is 13.2 Å². The third-order valence-electron chi connectivity index (χ3n) is 3.07. The molecule has 0 amide bonds. The van der Waals surface area contributed by atoms with Gasteiger partial charge in [0.25, 0.3) is 0 Å². The van der Waals surface area contributed by atoms with Crippen LogP contribution in [0, 0.1) is 0 Å². The van der Waals surface area contributed by atoms with Gasteiger partial charge in [0.15, 0.2) is 11.5 Å². The first kappa shape index (κ1) is 13.4. The average Bonchev–Trinajstić information content (AvgIpc) is 2.79. The molecule has 2 aromatic heterocycles. The highest BCUT2D eigenvalue weighted by atomic mass is 19.4. The normalized spacial score (nSPS) is 12.0. The van der Waals surface area contributed by atoms with Crippen molar-refractivity contribution in [1.29, 1.82) is 0 Å². The van der Waals surface area contributed by atoms with Crippen molar-refractivity contribution in [2.24, 2.45) is 0 Å². The molecule has 0 atom stereocenters. The van der Waals surface area contributed by atoms with Gasteiger partial charge in [-0.15, -0.1) is 0 Å². The van der Waals surface area contributed by atoms with Crippen LogP contribution in [0.25, 0.3) is 5.65 Å². The summed E-state index contributed by atoms with van der Waals surface area (Å²) in [4.78, 5) is 4.20. The van der Waals surface area contributed by atoms with Crippen molar-refractivity contribution in [3.8, 4) is 0 Å². The number of alkyl halides is 3. The molecule has 0 bridgehead atoms. The molecule has 0 radical (unpaired) electrons. The molecule has 0 aliphatic rings. The number of anilines is 1. The van der Waals surface area contributed by atoms with Gasteiger partial charge in [-0.1, -0.05) is 18.2 Å². The Hall–Kier alpha value is -2.57. The van der Waals surface area contributed by atoms with Gasteiger partial charge in [0.1, 0.15) is 0 Å². The van der Waals surface area contributed by atoms with E-state index in [0.29, 0.717) is 17.2 Å². The zero-order valence-corrected chi connectivity index (χ0v) is 10.8. The number of halogens is 3. The number of fused-ring (bicyclic) bond motifs is 1. The smallest absolute Gasteiger partial charge is 0.397 e. The topological polar surface area (TPSA) is 56.2 Å². The van der Waals surface area contributed by atoms with Crippen LogP contribution in [0.3, 0.4) is 0 Å². The van der Waals surface area contributed by atoms with Gasteiger partial charge in [0.2, 0.25) is 0 Å². The van der Waals surface area contributed by atoms with E-state index in [2.05, 4.69) is 10.1 Å². The summed E-state index contributed by atoms with van der Waals surface area (Å²) in [5, 5.41) is 4.15. The zero-order chi connectivity index (χ0) is 15.0. The lowest BCUT2D eigenvalue weighted by atomic mass is 10.0. The molecule has 1 aromatic carbocycles. The lowest BCUT2D eigenvalue weighted by Gasteiger charge is -2.11. The molecule has 4 nitrogen and oxygen atoms in total. The van der Waals surface area contributed by atoms with Crippen molar-refractivity contribution >= 4 is 11.3 Å². The van der Waals surface area contributed by atoms with Crippen LogP contribution in [0.15, 0.2) is 42.6 Å². The number of nitrogens with two attached hydrogens (primary N) is 1. The minimum absolute atomic E-state index is 0.0112. The first-order valence-electron chi connectivity index (χ1n) is 6.19. The second-order valence-electron chi connectivity index (χ2n) is 4.62. The minimum Gasteiger partial charge on any atom is -0.397 e. The summed E-state index contributed by atoms with van der Waals surface area (Å²) in [5.41, 5.74) is 6.17. The standard InChI is InChI=1S/C14H11F3N4/c15-14(16,17)11-4-2-1-3-9(11)7-12-19-13-6-5-10(18)8-21(13)20-12/h1-6,8H,7,18H2. The number of rotatable bonds is 2. The van der Waals surface area contributed by atoms with E-state index in [1.807, 2.05) is 0 Å². The first-order chi connectivity index (χ1) is 9.93. The van der Waals surface area contributed by atoms with Crippen LogP contribution in [0.2, 0.25) is 0 Å². The molecular weight excluding hydrogens is 281 g/mol. The Kier molecular flexibility index (Phi) is 3.04. The molecule has 7 heteroatoms. The lowest BCUT2D eigenvalue weighted by molar-refractivity contribution is -0.138. The van der Waals surface area contributed by atoms with Crippen LogP contribution in [0.5, 0.6) is 0 Å². The van der Waals surface area contributed by atoms with Gasteiger partial charge in [-0.3, -0.25) is 0 Å². The summed E-state index contributed by atoms with van der Waals surface area (Å²) in [5.74, 6) is 0.317. The third kappa shape index (κ3) is 2.67. The molecule has 0 fully saturated rings. The molecule has 3 rings (SSSR count). The molecular formula is C14H11F3N4. The molecule has 21 heavy (non-hydrogen) atoms. The Balaban J connectivity index is 1.99. The second-order valence-corrected chi connectivity index (χ2v) is 4.62. The van der Waals surface area contributed by atoms with Crippen molar-refractivity contribution in [3.63, 3.8) is 0 Å². The van der Waals surface area contributed by atoms with Crippen LogP contribution in [-0.2, 0) is 12.6 Å². The van der Waals surface area contributed by atoms with E-state index < -0.39 is 11.7 Å². The van der Waals surface area contributed by atoms with E-state index in [0.717, 1.165) is 6.07 Å². The van der Waals surface area contributed by atoms with E-state index >= 15 is 0 Å². The summed E-state index contributed by atoms with van der Waals surface area (Å²) >= 11 is 0. The molecule has 0 saturated heterocycles. The number of hydrogen-bond donors (Lipinski definition) is 1. The van der Waals surface area contributed by atoms with E-state index in [1.54, 1.807) is 24.4 Å². The molecule has 108 valence electrons. The molecule has 3 aromatic rings. The van der Waals surface area contributed by atoms with Crippen molar-refractivity contribution in [2.75, 3.05) is 5.73 Å². The molecule has 0 aliphatic heterocycles. The number of nitrogens with zero attached hydrogens (tertiary/aromatic N) is 3. The molecule has 2 heterocycles. The fourth-order valence-corrected chi connectivity index (χ4v) is 2.14. The van der Waals surface area contributed by atoms with Crippen molar-refractivity contribution in [3.05, 3.63) is 59.5 Å². The lowest BCUT2D eigenvalue weighted by Crippen LogP contribution is -2.09. The largest absolute Gasteiger partial charge is 0.416 e. The molecule has 0 saturated carbocycles. The summed E-state index contributed by atoms with van der Waals surface area (Å²) < 4.78 is 40.3. The predicted molar refractivity (Wildman–Crippen MR) is 71.6 cm³/mol. The van der Waals surface area contributed by atoms with Gasteiger partial charge < -0.3 is 5.73 Å². The molecule has 0 unspecified atom stereocenters. The van der Waals surface area contributed by atoms with Crippen LogP contribution in [0.1, 0.15) is 17.0 Å². The number of hydrogen-bond acceptors (Lipinski definition) is 3. The number of aromatic nitrogens is 3. The summed E-state index contributed by atoms with van der Waals surface area (Å²) in [6, 6.07) is 8.76. The zero-order valence-electron chi connectivity index (χ0n) is 10.8. The average molecular weight is 292 g/mol. The summed E-state index contributed by atoms with van der Waals surface area (Å²) in [6.45, 7) is 0. The van der Waals surface area contributed by atoms with E-state index in [1.165, 1.54) is 16.6 Å². The predicted octanol–water partition coefficient (Wildman–Crippen LogP) is 2.92. The van der Waals surface area contributed by atoms with Gasteiger partial charge in [-0.2, -0.15) is 18.3 Å². The van der Waals surface area contributed by atoms with Crippen molar-refractivity contribution in [1.82, 2.24) is 14.6 Å². The van der Waals surface area contributed by atoms with Crippen molar-refractivity contribution < 1.29 is 13.2 Å².